The lowest BCUT2D eigenvalue weighted by atomic mass is 9.96. The molecule has 2 heterocycles. The Bertz CT molecular complexity index is 970. The lowest BCUT2D eigenvalue weighted by molar-refractivity contribution is 0.0755. The van der Waals surface area contributed by atoms with Gasteiger partial charge in [-0.2, -0.15) is 0 Å². The van der Waals surface area contributed by atoms with Crippen molar-refractivity contribution in [2.24, 2.45) is 0 Å². The molecule has 1 unspecified atom stereocenters. The zero-order valence-electron chi connectivity index (χ0n) is 14.9. The maximum Gasteiger partial charge on any atom is 0.276 e. The summed E-state index contributed by atoms with van der Waals surface area (Å²) in [6, 6.07) is 5.93. The molecule has 6 nitrogen and oxygen atoms in total. The Morgan fingerprint density at radius 1 is 1.19 bits per heavy atom. The van der Waals surface area contributed by atoms with Crippen molar-refractivity contribution in [3.63, 3.8) is 0 Å². The van der Waals surface area contributed by atoms with Gasteiger partial charge in [0.1, 0.15) is 11.6 Å². The number of fused-ring (bicyclic) bond motifs is 1. The molecule has 2 aliphatic rings. The minimum absolute atomic E-state index is 0.0771. The fourth-order valence-electron chi connectivity index (χ4n) is 3.93. The van der Waals surface area contributed by atoms with E-state index in [1.54, 1.807) is 6.07 Å². The van der Waals surface area contributed by atoms with Gasteiger partial charge in [-0.1, -0.05) is 23.4 Å². The SMILES string of the molecule is O=C(c1noc2c1CCCC2)N1CCC(c2ccccc2F)S(=O)(=O)CC1. The molecule has 1 amide bonds. The number of benzene rings is 1. The van der Waals surface area contributed by atoms with Gasteiger partial charge in [0.15, 0.2) is 15.5 Å². The molecule has 1 aromatic carbocycles. The van der Waals surface area contributed by atoms with Gasteiger partial charge in [-0.05, 0) is 31.7 Å². The topological polar surface area (TPSA) is 80.5 Å². The molecule has 1 saturated heterocycles. The molecule has 0 spiro atoms. The van der Waals surface area contributed by atoms with E-state index in [1.807, 2.05) is 0 Å². The number of amides is 1. The number of carbonyl (C=O) groups is 1. The number of nitrogens with zero attached hydrogens (tertiary/aromatic N) is 2. The van der Waals surface area contributed by atoms with Crippen molar-refractivity contribution >= 4 is 15.7 Å². The van der Waals surface area contributed by atoms with E-state index < -0.39 is 20.9 Å². The van der Waals surface area contributed by atoms with Crippen molar-refractivity contribution in [3.8, 4) is 0 Å². The lowest BCUT2D eigenvalue weighted by Gasteiger charge is -2.20. The Kier molecular flexibility index (Phi) is 4.75. The molecule has 2 aromatic rings. The molecule has 0 radical (unpaired) electrons. The number of carbonyl (C=O) groups excluding carboxylic acids is 1. The molecule has 0 N–H and O–H groups in total. The quantitative estimate of drug-likeness (QED) is 0.785. The number of sulfone groups is 1. The van der Waals surface area contributed by atoms with Crippen LogP contribution in [-0.2, 0) is 22.7 Å². The minimum atomic E-state index is -3.57. The van der Waals surface area contributed by atoms with Gasteiger partial charge in [-0.25, -0.2) is 12.8 Å². The van der Waals surface area contributed by atoms with E-state index in [0.29, 0.717) is 5.69 Å². The Labute approximate surface area is 157 Å². The van der Waals surface area contributed by atoms with Crippen molar-refractivity contribution in [3.05, 3.63) is 52.7 Å². The molecule has 1 atom stereocenters. The van der Waals surface area contributed by atoms with Gasteiger partial charge < -0.3 is 9.42 Å². The summed E-state index contributed by atoms with van der Waals surface area (Å²) in [5.74, 6) is -0.267. The Balaban J connectivity index is 1.58. The molecule has 144 valence electrons. The van der Waals surface area contributed by atoms with Gasteiger partial charge in [0.05, 0.1) is 11.0 Å². The van der Waals surface area contributed by atoms with E-state index in [0.717, 1.165) is 37.0 Å². The van der Waals surface area contributed by atoms with Crippen molar-refractivity contribution in [1.82, 2.24) is 10.1 Å². The van der Waals surface area contributed by atoms with E-state index in [9.17, 15) is 17.6 Å². The number of aryl methyl sites for hydroxylation is 1. The molecule has 1 aliphatic heterocycles. The molecule has 0 bridgehead atoms. The predicted octanol–water partition coefficient (Wildman–Crippen LogP) is 2.69. The van der Waals surface area contributed by atoms with E-state index in [2.05, 4.69) is 5.16 Å². The van der Waals surface area contributed by atoms with Crippen LogP contribution in [0.15, 0.2) is 28.8 Å². The largest absolute Gasteiger partial charge is 0.360 e. The molecule has 0 saturated carbocycles. The summed E-state index contributed by atoms with van der Waals surface area (Å²) in [7, 11) is -3.57. The highest BCUT2D eigenvalue weighted by atomic mass is 32.2. The van der Waals surface area contributed by atoms with Gasteiger partial charge in [-0.3, -0.25) is 4.79 Å². The first-order chi connectivity index (χ1) is 13.0. The highest BCUT2D eigenvalue weighted by Crippen LogP contribution is 2.32. The second-order valence-corrected chi connectivity index (χ2v) is 9.40. The van der Waals surface area contributed by atoms with Crippen LogP contribution in [-0.4, -0.2) is 43.2 Å². The molecule has 8 heteroatoms. The van der Waals surface area contributed by atoms with E-state index in [1.165, 1.54) is 23.1 Å². The Morgan fingerprint density at radius 2 is 1.96 bits per heavy atom. The number of rotatable bonds is 2. The molecular weight excluding hydrogens is 371 g/mol. The van der Waals surface area contributed by atoms with Crippen LogP contribution in [0.25, 0.3) is 0 Å². The van der Waals surface area contributed by atoms with E-state index >= 15 is 0 Å². The summed E-state index contributed by atoms with van der Waals surface area (Å²) in [5, 5.41) is 3.01. The third kappa shape index (κ3) is 3.38. The van der Waals surface area contributed by atoms with Crippen molar-refractivity contribution in [2.45, 2.75) is 37.4 Å². The fraction of sp³-hybridized carbons (Fsp3) is 0.474. The zero-order chi connectivity index (χ0) is 19.0. The van der Waals surface area contributed by atoms with Gasteiger partial charge >= 0.3 is 0 Å². The average molecular weight is 392 g/mol. The van der Waals surface area contributed by atoms with Crippen molar-refractivity contribution in [2.75, 3.05) is 18.8 Å². The summed E-state index contributed by atoms with van der Waals surface area (Å²) in [5.41, 5.74) is 1.32. The summed E-state index contributed by atoms with van der Waals surface area (Å²) in [4.78, 5) is 14.4. The molecule has 1 fully saturated rings. The van der Waals surface area contributed by atoms with E-state index in [4.69, 9.17) is 4.52 Å². The molecule has 27 heavy (non-hydrogen) atoms. The second-order valence-electron chi connectivity index (χ2n) is 7.10. The van der Waals surface area contributed by atoms with Crippen molar-refractivity contribution in [1.29, 1.82) is 0 Å². The van der Waals surface area contributed by atoms with Crippen LogP contribution in [0, 0.1) is 5.82 Å². The first-order valence-corrected chi connectivity index (χ1v) is 10.9. The summed E-state index contributed by atoms with van der Waals surface area (Å²) >= 11 is 0. The van der Waals surface area contributed by atoms with Gasteiger partial charge in [-0.15, -0.1) is 0 Å². The summed E-state index contributed by atoms with van der Waals surface area (Å²) in [6.45, 7) is 0.312. The van der Waals surface area contributed by atoms with Crippen LogP contribution in [0.2, 0.25) is 0 Å². The maximum atomic E-state index is 14.2. The molecule has 1 aromatic heterocycles. The monoisotopic (exact) mass is 392 g/mol. The smallest absolute Gasteiger partial charge is 0.276 e. The van der Waals surface area contributed by atoms with Gasteiger partial charge in [0.2, 0.25) is 0 Å². The maximum absolute atomic E-state index is 14.2. The van der Waals surface area contributed by atoms with Crippen LogP contribution < -0.4 is 0 Å². The normalized spacial score (nSPS) is 22.1. The zero-order valence-corrected chi connectivity index (χ0v) is 15.7. The average Bonchev–Trinajstić information content (AvgIpc) is 3.02. The summed E-state index contributed by atoms with van der Waals surface area (Å²) < 4.78 is 44.9. The highest BCUT2D eigenvalue weighted by Gasteiger charge is 2.36. The lowest BCUT2D eigenvalue weighted by Crippen LogP contribution is -2.34. The van der Waals surface area contributed by atoms with E-state index in [-0.39, 0.29) is 36.7 Å². The summed E-state index contributed by atoms with van der Waals surface area (Å²) in [6.07, 6.45) is 3.69. The van der Waals surface area contributed by atoms with Gasteiger partial charge in [0, 0.05) is 30.6 Å². The number of hydrogen-bond acceptors (Lipinski definition) is 5. The minimum Gasteiger partial charge on any atom is -0.360 e. The molecule has 1 aliphatic carbocycles. The van der Waals surface area contributed by atoms with Crippen molar-refractivity contribution < 1.29 is 22.1 Å². The number of aromatic nitrogens is 1. The third-order valence-electron chi connectivity index (χ3n) is 5.43. The van der Waals surface area contributed by atoms with Crippen LogP contribution >= 0.6 is 0 Å². The first-order valence-electron chi connectivity index (χ1n) is 9.20. The Hall–Kier alpha value is -2.22. The third-order valence-corrected chi connectivity index (χ3v) is 7.54. The number of halogens is 1. The van der Waals surface area contributed by atoms with Crippen LogP contribution in [0.3, 0.4) is 0 Å². The van der Waals surface area contributed by atoms with Crippen LogP contribution in [0.4, 0.5) is 4.39 Å². The molecular formula is C19H21FN2O4S. The van der Waals surface area contributed by atoms with Crippen LogP contribution in [0.5, 0.6) is 0 Å². The van der Waals surface area contributed by atoms with Gasteiger partial charge in [0.25, 0.3) is 5.91 Å². The second kappa shape index (κ2) is 7.07. The highest BCUT2D eigenvalue weighted by molar-refractivity contribution is 7.91. The van der Waals surface area contributed by atoms with Crippen LogP contribution in [0.1, 0.15) is 51.9 Å². The Morgan fingerprint density at radius 3 is 2.78 bits per heavy atom. The number of hydrogen-bond donors (Lipinski definition) is 0. The first kappa shape index (κ1) is 18.2. The standard InChI is InChI=1S/C19H21FN2O4S/c20-15-7-3-1-5-13(15)17-9-10-22(11-12-27(17,24)25)19(23)18-14-6-2-4-8-16(14)26-21-18/h1,3,5,7,17H,2,4,6,8-12H2. The predicted molar refractivity (Wildman–Crippen MR) is 96.6 cm³/mol. The molecule has 4 rings (SSSR count). The fourth-order valence-corrected chi connectivity index (χ4v) is 5.74.